The van der Waals surface area contributed by atoms with Gasteiger partial charge in [-0.2, -0.15) is 0 Å². The van der Waals surface area contributed by atoms with Crippen LogP contribution in [0.15, 0.2) is 78.9 Å². The molecule has 5 nitrogen and oxygen atoms in total. The molecule has 3 rings (SSSR count). The molecule has 0 atom stereocenters. The van der Waals surface area contributed by atoms with Gasteiger partial charge in [-0.05, 0) is 23.3 Å². The Kier molecular flexibility index (Phi) is 7.32. The number of carbonyl (C=O) groups is 2. The fourth-order valence-corrected chi connectivity index (χ4v) is 3.26. The van der Waals surface area contributed by atoms with Crippen molar-refractivity contribution in [1.29, 1.82) is 0 Å². The number of esters is 1. The van der Waals surface area contributed by atoms with Gasteiger partial charge >= 0.3 is 12.0 Å². The molecule has 0 fully saturated rings. The minimum absolute atomic E-state index is 0.0236. The lowest BCUT2D eigenvalue weighted by Crippen LogP contribution is -2.40. The standard InChI is InChI=1S/C24H22F2N2O3/c1-31-22(29)14-15-28(24(30)27-21-13-12-19(25)16-20(21)26)23(17-8-4-2-5-9-17)18-10-6-3-7-11-18/h2-13,16,23H,14-15H2,1H3,(H,27,30). The van der Waals surface area contributed by atoms with E-state index in [-0.39, 0.29) is 18.7 Å². The number of hydrogen-bond acceptors (Lipinski definition) is 3. The predicted molar refractivity (Wildman–Crippen MR) is 113 cm³/mol. The molecule has 3 aromatic rings. The van der Waals surface area contributed by atoms with Crippen LogP contribution in [-0.4, -0.2) is 30.6 Å². The largest absolute Gasteiger partial charge is 0.469 e. The van der Waals surface area contributed by atoms with Gasteiger partial charge in [0.25, 0.3) is 0 Å². The van der Waals surface area contributed by atoms with Gasteiger partial charge in [-0.25, -0.2) is 13.6 Å². The Hall–Kier alpha value is -3.74. The van der Waals surface area contributed by atoms with Gasteiger partial charge in [0.2, 0.25) is 0 Å². The Morgan fingerprint density at radius 2 is 1.52 bits per heavy atom. The maximum Gasteiger partial charge on any atom is 0.322 e. The third kappa shape index (κ3) is 5.66. The molecular weight excluding hydrogens is 402 g/mol. The summed E-state index contributed by atoms with van der Waals surface area (Å²) in [7, 11) is 1.27. The van der Waals surface area contributed by atoms with E-state index in [1.54, 1.807) is 0 Å². The minimum Gasteiger partial charge on any atom is -0.469 e. The van der Waals surface area contributed by atoms with Gasteiger partial charge in [0.05, 0.1) is 25.3 Å². The maximum atomic E-state index is 14.1. The highest BCUT2D eigenvalue weighted by molar-refractivity contribution is 5.90. The summed E-state index contributed by atoms with van der Waals surface area (Å²) < 4.78 is 32.1. The highest BCUT2D eigenvalue weighted by atomic mass is 19.1. The molecule has 0 aliphatic heterocycles. The number of ether oxygens (including phenoxy) is 1. The van der Waals surface area contributed by atoms with Crippen LogP contribution >= 0.6 is 0 Å². The van der Waals surface area contributed by atoms with E-state index in [2.05, 4.69) is 5.32 Å². The topological polar surface area (TPSA) is 58.6 Å². The summed E-state index contributed by atoms with van der Waals surface area (Å²) in [5, 5.41) is 2.49. The molecule has 1 N–H and O–H groups in total. The molecule has 0 heterocycles. The van der Waals surface area contributed by atoms with Crippen LogP contribution in [0, 0.1) is 11.6 Å². The zero-order valence-electron chi connectivity index (χ0n) is 16.9. The summed E-state index contributed by atoms with van der Waals surface area (Å²) in [6.07, 6.45) is -0.0496. The average molecular weight is 424 g/mol. The van der Waals surface area contributed by atoms with Crippen LogP contribution in [0.3, 0.4) is 0 Å². The summed E-state index contributed by atoms with van der Waals surface area (Å²) >= 11 is 0. The predicted octanol–water partition coefficient (Wildman–Crippen LogP) is 5.15. The van der Waals surface area contributed by atoms with E-state index in [0.29, 0.717) is 6.07 Å². The molecule has 0 aliphatic carbocycles. The summed E-state index contributed by atoms with van der Waals surface area (Å²) in [4.78, 5) is 26.5. The summed E-state index contributed by atoms with van der Waals surface area (Å²) in [5.74, 6) is -2.12. The number of benzene rings is 3. The molecule has 160 valence electrons. The number of anilines is 1. The highest BCUT2D eigenvalue weighted by Gasteiger charge is 2.28. The Labute approximate surface area is 179 Å². The number of amides is 2. The zero-order chi connectivity index (χ0) is 22.2. The van der Waals surface area contributed by atoms with Crippen molar-refractivity contribution in [3.05, 3.63) is 102 Å². The maximum absolute atomic E-state index is 14.1. The quantitative estimate of drug-likeness (QED) is 0.534. The van der Waals surface area contributed by atoms with Crippen LogP contribution in [-0.2, 0) is 9.53 Å². The number of nitrogens with one attached hydrogen (secondary N) is 1. The van der Waals surface area contributed by atoms with E-state index >= 15 is 0 Å². The van der Waals surface area contributed by atoms with Gasteiger partial charge in [0.15, 0.2) is 0 Å². The Morgan fingerprint density at radius 3 is 2.03 bits per heavy atom. The van der Waals surface area contributed by atoms with Gasteiger partial charge in [-0.3, -0.25) is 4.79 Å². The highest BCUT2D eigenvalue weighted by Crippen LogP contribution is 2.30. The molecule has 0 saturated heterocycles. The zero-order valence-corrected chi connectivity index (χ0v) is 16.9. The number of nitrogens with zero attached hydrogens (tertiary/aromatic N) is 1. The fraction of sp³-hybridized carbons (Fsp3) is 0.167. The second kappa shape index (κ2) is 10.3. The third-order valence-corrected chi connectivity index (χ3v) is 4.76. The van der Waals surface area contributed by atoms with Gasteiger partial charge in [-0.1, -0.05) is 60.7 Å². The second-order valence-electron chi connectivity index (χ2n) is 6.80. The summed E-state index contributed by atoms with van der Waals surface area (Å²) in [5.41, 5.74) is 1.47. The van der Waals surface area contributed by atoms with Crippen molar-refractivity contribution in [2.24, 2.45) is 0 Å². The molecule has 7 heteroatoms. The SMILES string of the molecule is COC(=O)CCN(C(=O)Nc1ccc(F)cc1F)C(c1ccccc1)c1ccccc1. The summed E-state index contributed by atoms with van der Waals surface area (Å²) in [6, 6.07) is 20.3. The molecule has 31 heavy (non-hydrogen) atoms. The van der Waals surface area contributed by atoms with E-state index in [4.69, 9.17) is 4.74 Å². The fourth-order valence-electron chi connectivity index (χ4n) is 3.26. The van der Waals surface area contributed by atoms with E-state index < -0.39 is 29.7 Å². The summed E-state index contributed by atoms with van der Waals surface area (Å²) in [6.45, 7) is 0.0236. The van der Waals surface area contributed by atoms with Crippen LogP contribution in [0.2, 0.25) is 0 Å². The average Bonchev–Trinajstić information content (AvgIpc) is 2.79. The first-order valence-corrected chi connectivity index (χ1v) is 9.69. The molecule has 0 bridgehead atoms. The van der Waals surface area contributed by atoms with E-state index in [1.807, 2.05) is 60.7 Å². The minimum atomic E-state index is -0.891. The van der Waals surface area contributed by atoms with Crippen LogP contribution in [0.1, 0.15) is 23.6 Å². The Bertz CT molecular complexity index is 990. The molecular formula is C24H22F2N2O3. The van der Waals surface area contributed by atoms with E-state index in [1.165, 1.54) is 12.0 Å². The number of rotatable bonds is 7. The van der Waals surface area contributed by atoms with Crippen molar-refractivity contribution in [3.8, 4) is 0 Å². The smallest absolute Gasteiger partial charge is 0.322 e. The lowest BCUT2D eigenvalue weighted by Gasteiger charge is -2.32. The van der Waals surface area contributed by atoms with Crippen LogP contribution in [0.25, 0.3) is 0 Å². The number of halogens is 2. The first-order valence-electron chi connectivity index (χ1n) is 9.69. The van der Waals surface area contributed by atoms with Crippen LogP contribution < -0.4 is 5.32 Å². The Morgan fingerprint density at radius 1 is 0.935 bits per heavy atom. The number of carbonyl (C=O) groups excluding carboxylic acids is 2. The lowest BCUT2D eigenvalue weighted by molar-refractivity contribution is -0.140. The lowest BCUT2D eigenvalue weighted by atomic mass is 9.97. The van der Waals surface area contributed by atoms with Crippen molar-refractivity contribution in [1.82, 2.24) is 4.90 Å². The van der Waals surface area contributed by atoms with Crippen molar-refractivity contribution < 1.29 is 23.1 Å². The molecule has 2 amide bonds. The molecule has 0 spiro atoms. The monoisotopic (exact) mass is 424 g/mol. The van der Waals surface area contributed by atoms with Gasteiger partial charge < -0.3 is 15.0 Å². The number of urea groups is 1. The number of methoxy groups -OCH3 is 1. The first kappa shape index (κ1) is 22.0. The molecule has 0 aromatic heterocycles. The van der Waals surface area contributed by atoms with Gasteiger partial charge in [0.1, 0.15) is 11.6 Å². The van der Waals surface area contributed by atoms with Crippen molar-refractivity contribution in [2.75, 3.05) is 19.0 Å². The van der Waals surface area contributed by atoms with Crippen molar-refractivity contribution in [3.63, 3.8) is 0 Å². The van der Waals surface area contributed by atoms with Gasteiger partial charge in [0, 0.05) is 12.6 Å². The van der Waals surface area contributed by atoms with Crippen molar-refractivity contribution >= 4 is 17.7 Å². The molecule has 0 unspecified atom stereocenters. The first-order chi connectivity index (χ1) is 15.0. The molecule has 3 aromatic carbocycles. The Balaban J connectivity index is 1.99. The van der Waals surface area contributed by atoms with E-state index in [0.717, 1.165) is 23.3 Å². The molecule has 0 radical (unpaired) electrons. The van der Waals surface area contributed by atoms with Crippen LogP contribution in [0.5, 0.6) is 0 Å². The number of hydrogen-bond donors (Lipinski definition) is 1. The van der Waals surface area contributed by atoms with Gasteiger partial charge in [-0.15, -0.1) is 0 Å². The van der Waals surface area contributed by atoms with E-state index in [9.17, 15) is 18.4 Å². The normalized spacial score (nSPS) is 10.6. The third-order valence-electron chi connectivity index (χ3n) is 4.76. The second-order valence-corrected chi connectivity index (χ2v) is 6.80. The molecule has 0 aliphatic rings. The van der Waals surface area contributed by atoms with Crippen molar-refractivity contribution in [2.45, 2.75) is 12.5 Å². The van der Waals surface area contributed by atoms with Crippen LogP contribution in [0.4, 0.5) is 19.3 Å². The molecule has 0 saturated carbocycles.